The topological polar surface area (TPSA) is 77.3 Å². The number of nitro benzene ring substituents is 1. The summed E-state index contributed by atoms with van der Waals surface area (Å²) < 4.78 is 6.16. The minimum absolute atomic E-state index is 0.121. The summed E-state index contributed by atoms with van der Waals surface area (Å²) in [7, 11) is 0. The highest BCUT2D eigenvalue weighted by atomic mass is 16.6. The first-order chi connectivity index (χ1) is 14.6. The molecule has 6 heteroatoms. The highest BCUT2D eigenvalue weighted by Crippen LogP contribution is 2.31. The van der Waals surface area contributed by atoms with Gasteiger partial charge in [-0.1, -0.05) is 23.8 Å². The van der Waals surface area contributed by atoms with E-state index in [-0.39, 0.29) is 10.6 Å². The van der Waals surface area contributed by atoms with E-state index in [4.69, 9.17) is 4.74 Å². The summed E-state index contributed by atoms with van der Waals surface area (Å²) in [6.45, 7) is 4.34. The molecule has 0 bridgehead atoms. The molecule has 1 aliphatic heterocycles. The molecule has 154 valence electrons. The molecule has 1 saturated heterocycles. The second-order valence-electron chi connectivity index (χ2n) is 7.51. The standard InChI is InChI=1S/C24H25N3O3/c1-17-8-9-22-23(26-17)6-3-7-24(22)30-15-12-21(18-10-13-25-14-11-18)19-4-2-5-20(16-19)27(28)29/h2-9,16,25H,10-15H2,1H3. The second kappa shape index (κ2) is 9.05. The summed E-state index contributed by atoms with van der Waals surface area (Å²) in [4.78, 5) is 15.5. The number of hydrogen-bond acceptors (Lipinski definition) is 5. The van der Waals surface area contributed by atoms with Crippen molar-refractivity contribution < 1.29 is 9.66 Å². The fourth-order valence-corrected chi connectivity index (χ4v) is 3.98. The SMILES string of the molecule is Cc1ccc2c(OCCC(=C3CCNCC3)c3cccc([N+](=O)[O-])c3)cccc2n1. The zero-order valence-electron chi connectivity index (χ0n) is 17.1. The number of benzene rings is 2. The number of hydrogen-bond donors (Lipinski definition) is 1. The zero-order chi connectivity index (χ0) is 20.9. The third-order valence-corrected chi connectivity index (χ3v) is 5.48. The molecule has 0 atom stereocenters. The number of nitro groups is 1. The van der Waals surface area contributed by atoms with E-state index in [0.717, 1.165) is 59.4 Å². The predicted molar refractivity (Wildman–Crippen MR) is 119 cm³/mol. The Labute approximate surface area is 175 Å². The van der Waals surface area contributed by atoms with E-state index in [1.165, 1.54) is 11.6 Å². The second-order valence-corrected chi connectivity index (χ2v) is 7.51. The molecular formula is C24H25N3O3. The summed E-state index contributed by atoms with van der Waals surface area (Å²) >= 11 is 0. The number of rotatable bonds is 6. The number of piperidine rings is 1. The minimum atomic E-state index is -0.337. The van der Waals surface area contributed by atoms with Crippen LogP contribution in [0.4, 0.5) is 5.69 Å². The summed E-state index contributed by atoms with van der Waals surface area (Å²) in [5.74, 6) is 0.814. The maximum atomic E-state index is 11.2. The molecule has 3 aromatic rings. The fraction of sp³-hybridized carbons (Fsp3) is 0.292. The van der Waals surface area contributed by atoms with Gasteiger partial charge in [0.25, 0.3) is 5.69 Å². The minimum Gasteiger partial charge on any atom is -0.493 e. The summed E-state index contributed by atoms with van der Waals surface area (Å²) in [5.41, 5.74) is 5.45. The normalized spacial score (nSPS) is 14.0. The van der Waals surface area contributed by atoms with Gasteiger partial charge in [0.1, 0.15) is 5.75 Å². The number of nitrogens with zero attached hydrogens (tertiary/aromatic N) is 2. The van der Waals surface area contributed by atoms with Gasteiger partial charge in [0.2, 0.25) is 0 Å². The van der Waals surface area contributed by atoms with Gasteiger partial charge in [-0.2, -0.15) is 0 Å². The lowest BCUT2D eigenvalue weighted by atomic mass is 9.91. The van der Waals surface area contributed by atoms with Crippen LogP contribution in [0, 0.1) is 17.0 Å². The van der Waals surface area contributed by atoms with Crippen LogP contribution >= 0.6 is 0 Å². The van der Waals surface area contributed by atoms with Crippen LogP contribution in [0.3, 0.4) is 0 Å². The molecule has 0 unspecified atom stereocenters. The number of aryl methyl sites for hydroxylation is 1. The molecular weight excluding hydrogens is 378 g/mol. The van der Waals surface area contributed by atoms with Crippen LogP contribution in [0.15, 0.2) is 60.2 Å². The molecule has 4 rings (SSSR count). The zero-order valence-corrected chi connectivity index (χ0v) is 17.1. The molecule has 1 fully saturated rings. The van der Waals surface area contributed by atoms with E-state index in [1.54, 1.807) is 12.1 Å². The monoisotopic (exact) mass is 403 g/mol. The molecule has 0 aliphatic carbocycles. The summed E-state index contributed by atoms with van der Waals surface area (Å²) in [5, 5.41) is 15.6. The first-order valence-electron chi connectivity index (χ1n) is 10.3. The number of non-ortho nitro benzene ring substituents is 1. The van der Waals surface area contributed by atoms with Crippen molar-refractivity contribution >= 4 is 22.2 Å². The fourth-order valence-electron chi connectivity index (χ4n) is 3.98. The van der Waals surface area contributed by atoms with Gasteiger partial charge in [0.05, 0.1) is 17.0 Å². The lowest BCUT2D eigenvalue weighted by Crippen LogP contribution is -2.24. The van der Waals surface area contributed by atoms with E-state index in [0.29, 0.717) is 13.0 Å². The van der Waals surface area contributed by atoms with Crippen LogP contribution in [-0.2, 0) is 0 Å². The van der Waals surface area contributed by atoms with Crippen molar-refractivity contribution in [3.05, 3.63) is 81.5 Å². The Bertz CT molecular complexity index is 1100. The average Bonchev–Trinajstić information content (AvgIpc) is 2.77. The predicted octanol–water partition coefficient (Wildman–Crippen LogP) is 5.06. The number of nitrogens with one attached hydrogen (secondary N) is 1. The third kappa shape index (κ3) is 4.49. The Morgan fingerprint density at radius 2 is 1.93 bits per heavy atom. The van der Waals surface area contributed by atoms with Crippen molar-refractivity contribution in [1.29, 1.82) is 0 Å². The Morgan fingerprint density at radius 1 is 1.13 bits per heavy atom. The van der Waals surface area contributed by atoms with Gasteiger partial charge in [-0.05, 0) is 68.3 Å². The highest BCUT2D eigenvalue weighted by molar-refractivity contribution is 5.85. The molecule has 1 aliphatic rings. The van der Waals surface area contributed by atoms with Gasteiger partial charge in [0, 0.05) is 29.6 Å². The Hall–Kier alpha value is -3.25. The first-order valence-corrected chi connectivity index (χ1v) is 10.3. The Kier molecular flexibility index (Phi) is 6.05. The maximum absolute atomic E-state index is 11.2. The summed E-state index contributed by atoms with van der Waals surface area (Å²) in [6, 6.07) is 16.9. The van der Waals surface area contributed by atoms with Crippen LogP contribution in [0.5, 0.6) is 5.75 Å². The lowest BCUT2D eigenvalue weighted by molar-refractivity contribution is -0.384. The molecule has 1 aromatic heterocycles. The van der Waals surface area contributed by atoms with E-state index < -0.39 is 0 Å². The van der Waals surface area contributed by atoms with Crippen molar-refractivity contribution in [3.8, 4) is 5.75 Å². The van der Waals surface area contributed by atoms with Crippen molar-refractivity contribution in [2.75, 3.05) is 19.7 Å². The van der Waals surface area contributed by atoms with Crippen LogP contribution in [-0.4, -0.2) is 29.6 Å². The number of fused-ring (bicyclic) bond motifs is 1. The van der Waals surface area contributed by atoms with E-state index in [2.05, 4.69) is 10.3 Å². The average molecular weight is 403 g/mol. The highest BCUT2D eigenvalue weighted by Gasteiger charge is 2.16. The van der Waals surface area contributed by atoms with E-state index in [1.807, 2.05) is 43.3 Å². The largest absolute Gasteiger partial charge is 0.493 e. The van der Waals surface area contributed by atoms with E-state index >= 15 is 0 Å². The molecule has 0 saturated carbocycles. The van der Waals surface area contributed by atoms with Crippen LogP contribution < -0.4 is 10.1 Å². The lowest BCUT2D eigenvalue weighted by Gasteiger charge is -2.21. The van der Waals surface area contributed by atoms with Gasteiger partial charge in [-0.3, -0.25) is 15.1 Å². The molecule has 30 heavy (non-hydrogen) atoms. The van der Waals surface area contributed by atoms with Crippen LogP contribution in [0.25, 0.3) is 16.5 Å². The first kappa shape index (κ1) is 20.0. The third-order valence-electron chi connectivity index (χ3n) is 5.48. The molecule has 2 aromatic carbocycles. The summed E-state index contributed by atoms with van der Waals surface area (Å²) in [6.07, 6.45) is 2.61. The number of aromatic nitrogens is 1. The molecule has 6 nitrogen and oxygen atoms in total. The smallest absolute Gasteiger partial charge is 0.270 e. The van der Waals surface area contributed by atoms with Gasteiger partial charge >= 0.3 is 0 Å². The van der Waals surface area contributed by atoms with E-state index in [9.17, 15) is 10.1 Å². The maximum Gasteiger partial charge on any atom is 0.270 e. The van der Waals surface area contributed by atoms with Crippen molar-refractivity contribution in [2.24, 2.45) is 0 Å². The van der Waals surface area contributed by atoms with Crippen molar-refractivity contribution in [1.82, 2.24) is 10.3 Å². The Balaban J connectivity index is 1.58. The van der Waals surface area contributed by atoms with Gasteiger partial charge in [-0.25, -0.2) is 0 Å². The molecule has 1 N–H and O–H groups in total. The molecule has 2 heterocycles. The molecule has 0 spiro atoms. The van der Waals surface area contributed by atoms with Crippen LogP contribution in [0.2, 0.25) is 0 Å². The quantitative estimate of drug-likeness (QED) is 0.460. The van der Waals surface area contributed by atoms with Crippen molar-refractivity contribution in [3.63, 3.8) is 0 Å². The van der Waals surface area contributed by atoms with Gasteiger partial charge in [-0.15, -0.1) is 0 Å². The Morgan fingerprint density at radius 3 is 2.73 bits per heavy atom. The molecule has 0 radical (unpaired) electrons. The number of pyridine rings is 1. The van der Waals surface area contributed by atoms with Gasteiger partial charge < -0.3 is 10.1 Å². The van der Waals surface area contributed by atoms with Crippen LogP contribution in [0.1, 0.15) is 30.5 Å². The van der Waals surface area contributed by atoms with Crippen molar-refractivity contribution in [2.45, 2.75) is 26.2 Å². The number of ether oxygens (including phenoxy) is 1. The van der Waals surface area contributed by atoms with Gasteiger partial charge in [0.15, 0.2) is 0 Å². The molecule has 0 amide bonds.